The molecule has 0 bridgehead atoms. The van der Waals surface area contributed by atoms with Gasteiger partial charge in [-0.3, -0.25) is 4.57 Å². The predicted octanol–water partition coefficient (Wildman–Crippen LogP) is 3.77. The lowest BCUT2D eigenvalue weighted by Gasteiger charge is -2.33. The van der Waals surface area contributed by atoms with E-state index in [1.54, 1.807) is 17.8 Å². The number of halogens is 1. The van der Waals surface area contributed by atoms with E-state index < -0.39 is 48.8 Å². The molecule has 0 saturated carbocycles. The molecule has 0 aliphatic carbocycles. The molecule has 5 atom stereocenters. The Bertz CT molecular complexity index is 1180. The van der Waals surface area contributed by atoms with Crippen molar-refractivity contribution in [3.05, 3.63) is 17.3 Å². The van der Waals surface area contributed by atoms with Crippen LogP contribution in [0.4, 0.5) is 0 Å². The van der Waals surface area contributed by atoms with Gasteiger partial charge >= 0.3 is 5.97 Å². The van der Waals surface area contributed by atoms with E-state index in [-0.39, 0.29) is 18.5 Å². The maximum atomic E-state index is 13.0. The van der Waals surface area contributed by atoms with Crippen LogP contribution in [0.3, 0.4) is 0 Å². The number of carbonyl (C=O) groups is 1. The van der Waals surface area contributed by atoms with Gasteiger partial charge in [-0.15, -0.1) is 0 Å². The fourth-order valence-corrected chi connectivity index (χ4v) is 5.58. The van der Waals surface area contributed by atoms with Crippen LogP contribution in [0.25, 0.3) is 11.2 Å². The molecule has 13 heteroatoms. The van der Waals surface area contributed by atoms with E-state index in [2.05, 4.69) is 21.9 Å². The van der Waals surface area contributed by atoms with Crippen molar-refractivity contribution in [2.24, 2.45) is 0 Å². The number of imidazole rings is 1. The lowest BCUT2D eigenvalue weighted by atomic mass is 10.1. The molecule has 0 radical (unpaired) electrons. The molecule has 2 fully saturated rings. The Morgan fingerprint density at radius 3 is 2.58 bits per heavy atom. The Morgan fingerprint density at radius 2 is 1.94 bits per heavy atom. The van der Waals surface area contributed by atoms with Gasteiger partial charge in [-0.05, 0) is 59.0 Å². The van der Waals surface area contributed by atoms with Gasteiger partial charge in [-0.25, -0.2) is 14.8 Å². The topological polar surface area (TPSA) is 124 Å². The van der Waals surface area contributed by atoms with Crippen molar-refractivity contribution in [3.63, 3.8) is 0 Å². The van der Waals surface area contributed by atoms with E-state index in [1.807, 2.05) is 13.8 Å². The standard InChI is InChI=1S/C23H34ClN4O7P/c1-8-10-13-15-18(27-21(24)26-13)28(12-25-15)19-17-16(34-22(3,4)35-17)14(33-19)11-32-23(5,36(6,7)30)20(29)31-9-2/h12,14,16-17,19H,8-11H2,1-7H3/t14-,16-,17-,19-,23+/m1/s1. The Kier molecular flexibility index (Phi) is 7.56. The number of nitrogens with zero attached hydrogens (tertiary/aromatic N) is 4. The molecule has 0 aromatic carbocycles. The highest BCUT2D eigenvalue weighted by Crippen LogP contribution is 2.53. The van der Waals surface area contributed by atoms with E-state index in [1.165, 1.54) is 20.3 Å². The van der Waals surface area contributed by atoms with E-state index in [9.17, 15) is 9.36 Å². The summed E-state index contributed by atoms with van der Waals surface area (Å²) in [5.74, 6) is -1.55. The highest BCUT2D eigenvalue weighted by atomic mass is 35.5. The quantitative estimate of drug-likeness (QED) is 0.262. The van der Waals surface area contributed by atoms with Gasteiger partial charge in [0.2, 0.25) is 10.6 Å². The highest BCUT2D eigenvalue weighted by Gasteiger charge is 2.57. The lowest BCUT2D eigenvalue weighted by Crippen LogP contribution is -2.43. The summed E-state index contributed by atoms with van der Waals surface area (Å²) in [6.07, 6.45) is 0.891. The minimum Gasteiger partial charge on any atom is -0.463 e. The number of rotatable bonds is 9. The zero-order chi connectivity index (χ0) is 26.5. The van der Waals surface area contributed by atoms with Crippen molar-refractivity contribution in [2.75, 3.05) is 26.5 Å². The minimum absolute atomic E-state index is 0.0679. The molecule has 0 unspecified atom stereocenters. The first-order chi connectivity index (χ1) is 16.8. The number of fused-ring (bicyclic) bond motifs is 2. The SMILES string of the molecule is CCCc1nc(Cl)nc2c1ncn2[C@@H]1O[C@H](CO[C@](C)(C(=O)OCC)P(C)(C)=O)[C@H]2OC(C)(C)O[C@H]21. The van der Waals surface area contributed by atoms with Gasteiger partial charge in [0.25, 0.3) is 0 Å². The molecule has 2 aromatic heterocycles. The molecule has 11 nitrogen and oxygen atoms in total. The van der Waals surface area contributed by atoms with Crippen LogP contribution in [0.1, 0.15) is 53.0 Å². The first-order valence-electron chi connectivity index (χ1n) is 12.1. The van der Waals surface area contributed by atoms with Crippen LogP contribution in [0.15, 0.2) is 6.33 Å². The third-order valence-electron chi connectivity index (χ3n) is 6.56. The van der Waals surface area contributed by atoms with Crippen LogP contribution in [-0.4, -0.2) is 81.5 Å². The maximum absolute atomic E-state index is 13.0. The Hall–Kier alpha value is -1.62. The van der Waals surface area contributed by atoms with Gasteiger partial charge in [0.05, 0.1) is 25.2 Å². The molecular weight excluding hydrogens is 511 g/mol. The molecule has 2 aromatic rings. The molecule has 2 aliphatic heterocycles. The van der Waals surface area contributed by atoms with Crippen molar-refractivity contribution >= 4 is 35.9 Å². The van der Waals surface area contributed by atoms with Gasteiger partial charge in [-0.2, -0.15) is 4.98 Å². The molecule has 0 N–H and O–H groups in total. The Balaban J connectivity index is 1.65. The number of esters is 1. The first kappa shape index (κ1) is 27.4. The fourth-order valence-electron chi connectivity index (χ4n) is 4.50. The van der Waals surface area contributed by atoms with Crippen LogP contribution in [0, 0.1) is 0 Å². The summed E-state index contributed by atoms with van der Waals surface area (Å²) in [5, 5.41) is -1.51. The maximum Gasteiger partial charge on any atom is 0.345 e. The Labute approximate surface area is 215 Å². The van der Waals surface area contributed by atoms with Gasteiger partial charge in [0.1, 0.15) is 31.0 Å². The summed E-state index contributed by atoms with van der Waals surface area (Å²) >= 11 is 6.23. The van der Waals surface area contributed by atoms with E-state index >= 15 is 0 Å². The zero-order valence-electron chi connectivity index (χ0n) is 21.7. The largest absolute Gasteiger partial charge is 0.463 e. The fraction of sp³-hybridized carbons (Fsp3) is 0.739. The number of ether oxygens (including phenoxy) is 5. The van der Waals surface area contributed by atoms with E-state index in [0.29, 0.717) is 17.6 Å². The lowest BCUT2D eigenvalue weighted by molar-refractivity contribution is -0.205. The summed E-state index contributed by atoms with van der Waals surface area (Å²) in [6.45, 7) is 11.9. The summed E-state index contributed by atoms with van der Waals surface area (Å²) < 4.78 is 44.7. The molecule has 0 amide bonds. The van der Waals surface area contributed by atoms with E-state index in [4.69, 9.17) is 35.3 Å². The molecule has 200 valence electrons. The third kappa shape index (κ3) is 4.93. The number of hydrogen-bond donors (Lipinski definition) is 0. The second-order valence-corrected chi connectivity index (χ2v) is 13.9. The van der Waals surface area contributed by atoms with Gasteiger partial charge < -0.3 is 28.2 Å². The molecule has 36 heavy (non-hydrogen) atoms. The van der Waals surface area contributed by atoms with Crippen LogP contribution >= 0.6 is 18.7 Å². The van der Waals surface area contributed by atoms with E-state index in [0.717, 1.165) is 12.1 Å². The van der Waals surface area contributed by atoms with Crippen molar-refractivity contribution < 1.29 is 33.0 Å². The van der Waals surface area contributed by atoms with Crippen LogP contribution in [-0.2, 0) is 39.5 Å². The molecule has 4 rings (SSSR count). The van der Waals surface area contributed by atoms with Crippen LogP contribution < -0.4 is 0 Å². The van der Waals surface area contributed by atoms with Crippen molar-refractivity contribution in [1.82, 2.24) is 19.5 Å². The molecular formula is C23H34ClN4O7P. The van der Waals surface area contributed by atoms with Crippen LogP contribution in [0.2, 0.25) is 5.28 Å². The molecule has 0 spiro atoms. The summed E-state index contributed by atoms with van der Waals surface area (Å²) in [5.41, 5.74) is 1.93. The average molecular weight is 545 g/mol. The van der Waals surface area contributed by atoms with Gasteiger partial charge in [0.15, 0.2) is 17.7 Å². The molecule has 2 saturated heterocycles. The first-order valence-corrected chi connectivity index (χ1v) is 15.1. The number of carbonyl (C=O) groups excluding carboxylic acids is 1. The average Bonchev–Trinajstić information content (AvgIpc) is 3.42. The van der Waals surface area contributed by atoms with Crippen molar-refractivity contribution in [2.45, 2.75) is 83.1 Å². The number of aryl methyl sites for hydroxylation is 1. The zero-order valence-corrected chi connectivity index (χ0v) is 23.3. The molecule has 2 aliphatic rings. The van der Waals surface area contributed by atoms with Crippen LogP contribution in [0.5, 0.6) is 0 Å². The third-order valence-corrected chi connectivity index (χ3v) is 9.10. The molecule has 4 heterocycles. The normalized spacial score (nSPS) is 27.2. The monoisotopic (exact) mass is 544 g/mol. The second kappa shape index (κ2) is 9.93. The van der Waals surface area contributed by atoms with Crippen molar-refractivity contribution in [3.8, 4) is 0 Å². The minimum atomic E-state index is -3.07. The summed E-state index contributed by atoms with van der Waals surface area (Å²) in [6, 6.07) is 0. The van der Waals surface area contributed by atoms with Gasteiger partial charge in [0, 0.05) is 0 Å². The highest BCUT2D eigenvalue weighted by molar-refractivity contribution is 7.64. The smallest absolute Gasteiger partial charge is 0.345 e. The number of aromatic nitrogens is 4. The summed E-state index contributed by atoms with van der Waals surface area (Å²) in [4.78, 5) is 26.0. The van der Waals surface area contributed by atoms with Crippen molar-refractivity contribution in [1.29, 1.82) is 0 Å². The predicted molar refractivity (Wildman–Crippen MR) is 133 cm³/mol. The van der Waals surface area contributed by atoms with Gasteiger partial charge in [-0.1, -0.05) is 13.3 Å². The summed E-state index contributed by atoms with van der Waals surface area (Å²) in [7, 11) is -3.07. The number of hydrogen-bond acceptors (Lipinski definition) is 10. The second-order valence-electron chi connectivity index (χ2n) is 10.0. The Morgan fingerprint density at radius 1 is 1.25 bits per heavy atom.